The standard InChI is InChI=1S/C18H20BrN3O4S/c1-3-22(11-16(23)21-12-6-4-5-7-13(12)26-2)17(24)10-20-18(25)14-8-9-15(19)27-14/h4-9H,3,10-11H2,1-2H3,(H,20,25)(H,21,23). The summed E-state index contributed by atoms with van der Waals surface area (Å²) in [6.07, 6.45) is 0. The van der Waals surface area contributed by atoms with E-state index in [1.165, 1.54) is 23.3 Å². The second-order valence-electron chi connectivity index (χ2n) is 5.44. The molecule has 144 valence electrons. The molecule has 0 saturated heterocycles. The highest BCUT2D eigenvalue weighted by Crippen LogP contribution is 2.23. The van der Waals surface area contributed by atoms with Crippen molar-refractivity contribution in [2.75, 3.05) is 32.1 Å². The van der Waals surface area contributed by atoms with Gasteiger partial charge in [0, 0.05) is 6.54 Å². The van der Waals surface area contributed by atoms with Gasteiger partial charge in [0.15, 0.2) is 0 Å². The molecule has 0 bridgehead atoms. The van der Waals surface area contributed by atoms with E-state index in [-0.39, 0.29) is 30.8 Å². The molecule has 2 aromatic rings. The van der Waals surface area contributed by atoms with Gasteiger partial charge in [-0.15, -0.1) is 11.3 Å². The first kappa shape index (κ1) is 20.9. The van der Waals surface area contributed by atoms with Crippen molar-refractivity contribution in [1.82, 2.24) is 10.2 Å². The van der Waals surface area contributed by atoms with E-state index in [2.05, 4.69) is 26.6 Å². The Hall–Kier alpha value is -2.39. The SMILES string of the molecule is CCN(CC(=O)Nc1ccccc1OC)C(=O)CNC(=O)c1ccc(Br)s1. The van der Waals surface area contributed by atoms with Crippen molar-refractivity contribution in [3.8, 4) is 5.75 Å². The summed E-state index contributed by atoms with van der Waals surface area (Å²) in [6.45, 7) is 1.82. The highest BCUT2D eigenvalue weighted by molar-refractivity contribution is 9.11. The zero-order chi connectivity index (χ0) is 19.8. The summed E-state index contributed by atoms with van der Waals surface area (Å²) >= 11 is 4.57. The number of nitrogens with zero attached hydrogens (tertiary/aromatic N) is 1. The molecule has 0 unspecified atom stereocenters. The monoisotopic (exact) mass is 453 g/mol. The third kappa shape index (κ3) is 6.07. The van der Waals surface area contributed by atoms with E-state index in [1.54, 1.807) is 43.3 Å². The number of hydrogen-bond donors (Lipinski definition) is 2. The first-order chi connectivity index (χ1) is 12.9. The smallest absolute Gasteiger partial charge is 0.261 e. The predicted octanol–water partition coefficient (Wildman–Crippen LogP) is 2.74. The van der Waals surface area contributed by atoms with Crippen molar-refractivity contribution >= 4 is 50.7 Å². The Morgan fingerprint density at radius 3 is 2.56 bits per heavy atom. The average Bonchev–Trinajstić information content (AvgIpc) is 3.10. The van der Waals surface area contributed by atoms with Gasteiger partial charge in [-0.1, -0.05) is 12.1 Å². The van der Waals surface area contributed by atoms with Crippen LogP contribution in [0.25, 0.3) is 0 Å². The summed E-state index contributed by atoms with van der Waals surface area (Å²) in [5.41, 5.74) is 0.532. The summed E-state index contributed by atoms with van der Waals surface area (Å²) in [5.74, 6) is -0.469. The third-order valence-electron chi connectivity index (χ3n) is 3.65. The maximum absolute atomic E-state index is 12.3. The lowest BCUT2D eigenvalue weighted by molar-refractivity contribution is -0.133. The van der Waals surface area contributed by atoms with Gasteiger partial charge in [0.25, 0.3) is 5.91 Å². The van der Waals surface area contributed by atoms with Gasteiger partial charge in [-0.2, -0.15) is 0 Å². The number of benzene rings is 1. The van der Waals surface area contributed by atoms with Crippen LogP contribution in [0.2, 0.25) is 0 Å². The van der Waals surface area contributed by atoms with Crippen LogP contribution in [0, 0.1) is 0 Å². The molecule has 0 atom stereocenters. The van der Waals surface area contributed by atoms with Crippen LogP contribution in [0.3, 0.4) is 0 Å². The minimum Gasteiger partial charge on any atom is -0.495 e. The first-order valence-electron chi connectivity index (χ1n) is 8.18. The molecule has 0 saturated carbocycles. The van der Waals surface area contributed by atoms with Crippen molar-refractivity contribution in [3.63, 3.8) is 0 Å². The van der Waals surface area contributed by atoms with Gasteiger partial charge < -0.3 is 20.3 Å². The molecule has 0 aliphatic rings. The van der Waals surface area contributed by atoms with Crippen molar-refractivity contribution in [1.29, 1.82) is 0 Å². The molecule has 0 radical (unpaired) electrons. The van der Waals surface area contributed by atoms with Crippen molar-refractivity contribution in [3.05, 3.63) is 45.1 Å². The zero-order valence-corrected chi connectivity index (χ0v) is 17.4. The van der Waals surface area contributed by atoms with Crippen LogP contribution in [0.15, 0.2) is 40.2 Å². The number of anilines is 1. The quantitative estimate of drug-likeness (QED) is 0.642. The fraction of sp³-hybridized carbons (Fsp3) is 0.278. The van der Waals surface area contributed by atoms with Gasteiger partial charge >= 0.3 is 0 Å². The van der Waals surface area contributed by atoms with Crippen LogP contribution in [-0.2, 0) is 9.59 Å². The number of carbonyl (C=O) groups is 3. The number of nitrogens with one attached hydrogen (secondary N) is 2. The third-order valence-corrected chi connectivity index (χ3v) is 5.27. The largest absolute Gasteiger partial charge is 0.495 e. The minimum atomic E-state index is -0.344. The van der Waals surface area contributed by atoms with Crippen molar-refractivity contribution in [2.45, 2.75) is 6.92 Å². The Morgan fingerprint density at radius 1 is 1.19 bits per heavy atom. The normalized spacial score (nSPS) is 10.2. The van der Waals surface area contributed by atoms with E-state index < -0.39 is 0 Å². The second-order valence-corrected chi connectivity index (χ2v) is 7.91. The van der Waals surface area contributed by atoms with E-state index in [9.17, 15) is 14.4 Å². The minimum absolute atomic E-state index is 0.117. The number of amides is 3. The Labute approximate surface area is 169 Å². The molecule has 1 aromatic carbocycles. The number of thiophene rings is 1. The van der Waals surface area contributed by atoms with Gasteiger partial charge in [-0.3, -0.25) is 14.4 Å². The summed E-state index contributed by atoms with van der Waals surface area (Å²) in [4.78, 5) is 38.5. The Bertz CT molecular complexity index is 824. The van der Waals surface area contributed by atoms with E-state index in [0.717, 1.165) is 3.79 Å². The number of likely N-dealkylation sites (N-methyl/N-ethyl adjacent to an activating group) is 1. The molecule has 0 spiro atoms. The lowest BCUT2D eigenvalue weighted by Crippen LogP contribution is -2.43. The summed E-state index contributed by atoms with van der Waals surface area (Å²) in [5, 5.41) is 5.30. The highest BCUT2D eigenvalue weighted by Gasteiger charge is 2.18. The van der Waals surface area contributed by atoms with Crippen LogP contribution in [0.1, 0.15) is 16.6 Å². The van der Waals surface area contributed by atoms with Crippen LogP contribution in [0.4, 0.5) is 5.69 Å². The molecule has 0 aliphatic carbocycles. The molecule has 2 N–H and O–H groups in total. The van der Waals surface area contributed by atoms with Gasteiger partial charge in [-0.25, -0.2) is 0 Å². The predicted molar refractivity (Wildman–Crippen MR) is 108 cm³/mol. The van der Waals surface area contributed by atoms with E-state index in [1.807, 2.05) is 0 Å². The van der Waals surface area contributed by atoms with Gasteiger partial charge in [0.1, 0.15) is 5.75 Å². The van der Waals surface area contributed by atoms with Crippen LogP contribution >= 0.6 is 27.3 Å². The average molecular weight is 454 g/mol. The summed E-state index contributed by atoms with van der Waals surface area (Å²) < 4.78 is 6.02. The zero-order valence-electron chi connectivity index (χ0n) is 15.0. The Morgan fingerprint density at radius 2 is 1.93 bits per heavy atom. The number of para-hydroxylation sites is 2. The van der Waals surface area contributed by atoms with Crippen LogP contribution in [-0.4, -0.2) is 49.4 Å². The number of carbonyl (C=O) groups excluding carboxylic acids is 3. The molecule has 0 fully saturated rings. The van der Waals surface area contributed by atoms with Crippen molar-refractivity contribution < 1.29 is 19.1 Å². The fourth-order valence-electron chi connectivity index (χ4n) is 2.28. The Balaban J connectivity index is 1.88. The first-order valence-corrected chi connectivity index (χ1v) is 9.79. The molecule has 2 rings (SSSR count). The summed E-state index contributed by atoms with van der Waals surface area (Å²) in [6, 6.07) is 10.5. The lowest BCUT2D eigenvalue weighted by Gasteiger charge is -2.21. The molecular formula is C18H20BrN3O4S. The molecule has 1 aromatic heterocycles. The number of halogens is 1. The molecule has 27 heavy (non-hydrogen) atoms. The maximum Gasteiger partial charge on any atom is 0.261 e. The molecular weight excluding hydrogens is 434 g/mol. The molecule has 7 nitrogen and oxygen atoms in total. The molecule has 1 heterocycles. The second kappa shape index (κ2) is 10.1. The highest BCUT2D eigenvalue weighted by atomic mass is 79.9. The van der Waals surface area contributed by atoms with Crippen LogP contribution < -0.4 is 15.4 Å². The number of ether oxygens (including phenoxy) is 1. The lowest BCUT2D eigenvalue weighted by atomic mass is 10.3. The molecule has 3 amide bonds. The number of methoxy groups -OCH3 is 1. The maximum atomic E-state index is 12.3. The van der Waals surface area contributed by atoms with E-state index in [0.29, 0.717) is 22.9 Å². The van der Waals surface area contributed by atoms with Gasteiger partial charge in [0.2, 0.25) is 11.8 Å². The van der Waals surface area contributed by atoms with E-state index >= 15 is 0 Å². The van der Waals surface area contributed by atoms with Crippen LogP contribution in [0.5, 0.6) is 5.75 Å². The van der Waals surface area contributed by atoms with Gasteiger partial charge in [0.05, 0.1) is 34.6 Å². The number of rotatable bonds is 8. The Kier molecular flexibility index (Phi) is 7.81. The van der Waals surface area contributed by atoms with E-state index in [4.69, 9.17) is 4.74 Å². The number of hydrogen-bond acceptors (Lipinski definition) is 5. The van der Waals surface area contributed by atoms with Crippen molar-refractivity contribution in [2.24, 2.45) is 0 Å². The van der Waals surface area contributed by atoms with Gasteiger partial charge in [-0.05, 0) is 47.1 Å². The summed E-state index contributed by atoms with van der Waals surface area (Å²) in [7, 11) is 1.52. The fourth-order valence-corrected chi connectivity index (χ4v) is 3.58. The molecule has 0 aliphatic heterocycles. The topological polar surface area (TPSA) is 87.7 Å². The molecule has 9 heteroatoms.